The molecule has 0 aliphatic heterocycles. The van der Waals surface area contributed by atoms with Gasteiger partial charge >= 0.3 is 12.1 Å². The first-order valence-electron chi connectivity index (χ1n) is 15.7. The summed E-state index contributed by atoms with van der Waals surface area (Å²) in [6.07, 6.45) is 1.28. The number of anilines is 1. The molecule has 0 aliphatic carbocycles. The number of nitrogens with zero attached hydrogens (tertiary/aromatic N) is 2. The van der Waals surface area contributed by atoms with Crippen molar-refractivity contribution < 1.29 is 33.8 Å². The van der Waals surface area contributed by atoms with E-state index in [-0.39, 0.29) is 37.6 Å². The van der Waals surface area contributed by atoms with Crippen LogP contribution in [-0.4, -0.2) is 59.8 Å². The number of aryl methyl sites for hydroxylation is 1. The molecule has 0 aliphatic rings. The highest BCUT2D eigenvalue weighted by Crippen LogP contribution is 2.33. The van der Waals surface area contributed by atoms with Gasteiger partial charge in [-0.25, -0.2) is 9.78 Å². The molecule has 0 saturated heterocycles. The lowest BCUT2D eigenvalue weighted by atomic mass is 9.95. The zero-order valence-electron chi connectivity index (χ0n) is 27.9. The topological polar surface area (TPSA) is 147 Å². The normalized spacial score (nSPS) is 11.8. The Balaban J connectivity index is 1.36. The molecule has 0 radical (unpaired) electrons. The third kappa shape index (κ3) is 9.78. The van der Waals surface area contributed by atoms with Crippen molar-refractivity contribution >= 4 is 40.5 Å². The fourth-order valence-electron chi connectivity index (χ4n) is 5.14. The maximum atomic E-state index is 12.9. The number of benzene rings is 3. The summed E-state index contributed by atoms with van der Waals surface area (Å²) in [6, 6.07) is 21.4. The lowest BCUT2D eigenvalue weighted by Crippen LogP contribution is -2.40. The molecule has 48 heavy (non-hydrogen) atoms. The minimum atomic E-state index is -0.709. The van der Waals surface area contributed by atoms with E-state index in [4.69, 9.17) is 9.47 Å². The number of ether oxygens (including phenoxy) is 2. The van der Waals surface area contributed by atoms with Crippen LogP contribution in [0.1, 0.15) is 57.2 Å². The van der Waals surface area contributed by atoms with Crippen LogP contribution >= 0.6 is 0 Å². The quantitative estimate of drug-likeness (QED) is 0.158. The molecule has 3 amide bonds. The van der Waals surface area contributed by atoms with Gasteiger partial charge in [-0.3, -0.25) is 19.3 Å². The minimum absolute atomic E-state index is 0.0530. The largest absolute Gasteiger partial charge is 0.507 e. The molecule has 1 aromatic heterocycles. The third-order valence-electron chi connectivity index (χ3n) is 7.48. The van der Waals surface area contributed by atoms with E-state index in [2.05, 4.69) is 15.6 Å². The summed E-state index contributed by atoms with van der Waals surface area (Å²) in [4.78, 5) is 56.4. The smallest absolute Gasteiger partial charge is 0.416 e. The van der Waals surface area contributed by atoms with E-state index < -0.39 is 29.6 Å². The number of aromatic hydroxyl groups is 1. The Bertz CT molecular complexity index is 1770. The summed E-state index contributed by atoms with van der Waals surface area (Å²) in [6.45, 7) is 7.09. The Labute approximate surface area is 280 Å². The summed E-state index contributed by atoms with van der Waals surface area (Å²) < 4.78 is 10.4. The van der Waals surface area contributed by atoms with Crippen molar-refractivity contribution in [2.45, 2.75) is 58.6 Å². The Morgan fingerprint density at radius 3 is 2.33 bits per heavy atom. The van der Waals surface area contributed by atoms with Gasteiger partial charge in [0.15, 0.2) is 0 Å². The second kappa shape index (κ2) is 15.9. The number of fused-ring (bicyclic) bond motifs is 1. The highest BCUT2D eigenvalue weighted by atomic mass is 16.6. The first-order valence-corrected chi connectivity index (χ1v) is 15.7. The lowest BCUT2D eigenvalue weighted by Gasteiger charge is -2.27. The summed E-state index contributed by atoms with van der Waals surface area (Å²) in [7, 11) is 1.28. The molecule has 0 unspecified atom stereocenters. The van der Waals surface area contributed by atoms with Gasteiger partial charge in [-0.1, -0.05) is 54.6 Å². The molecular formula is C37H42N4O7. The van der Waals surface area contributed by atoms with E-state index in [0.29, 0.717) is 17.8 Å². The fourth-order valence-corrected chi connectivity index (χ4v) is 5.14. The number of carbonyl (C=O) groups is 4. The summed E-state index contributed by atoms with van der Waals surface area (Å²) in [5.74, 6) is -0.742. The van der Waals surface area contributed by atoms with E-state index in [1.807, 2.05) is 61.5 Å². The number of esters is 1. The van der Waals surface area contributed by atoms with Gasteiger partial charge in [-0.2, -0.15) is 0 Å². The first kappa shape index (κ1) is 35.4. The Morgan fingerprint density at radius 2 is 1.65 bits per heavy atom. The first-order chi connectivity index (χ1) is 22.8. The standard InChI is InChI=1S/C37H42N4O7/c1-24-18-19-38-32(21-24)41(36(46)48-37(2,3)4)20-8-13-33(43)39-23-34(44)40-30(22-35(45)47-5)26-16-14-25(15-17-26)27-9-6-11-29-28(27)10-7-12-31(29)42/h6-7,9-12,14-19,21,30,42H,8,13,20,22-23H2,1-5H3,(H,39,43)(H,40,44)/t30-/m0/s1. The second-order valence-electron chi connectivity index (χ2n) is 12.4. The van der Waals surface area contributed by atoms with Crippen molar-refractivity contribution in [3.05, 3.63) is 90.1 Å². The van der Waals surface area contributed by atoms with Crippen LogP contribution in [0.25, 0.3) is 21.9 Å². The van der Waals surface area contributed by atoms with Crippen LogP contribution in [0, 0.1) is 6.92 Å². The molecule has 11 heteroatoms. The number of pyridine rings is 1. The van der Waals surface area contributed by atoms with Gasteiger partial charge in [0.1, 0.15) is 17.2 Å². The van der Waals surface area contributed by atoms with Crippen molar-refractivity contribution in [2.24, 2.45) is 0 Å². The number of amides is 3. The number of rotatable bonds is 12. The van der Waals surface area contributed by atoms with Crippen LogP contribution in [0.5, 0.6) is 5.75 Å². The van der Waals surface area contributed by atoms with Crippen molar-refractivity contribution in [3.63, 3.8) is 0 Å². The number of hydrogen-bond acceptors (Lipinski definition) is 8. The van der Waals surface area contributed by atoms with Crippen LogP contribution in [-0.2, 0) is 23.9 Å². The SMILES string of the molecule is COC(=O)C[C@H](NC(=O)CNC(=O)CCCN(C(=O)OC(C)(C)C)c1cc(C)ccn1)c1ccc(-c2cccc3c(O)cccc23)cc1. The Morgan fingerprint density at radius 1 is 0.938 bits per heavy atom. The van der Waals surface area contributed by atoms with Crippen LogP contribution in [0.15, 0.2) is 79.0 Å². The van der Waals surface area contributed by atoms with Gasteiger partial charge in [0.2, 0.25) is 11.8 Å². The molecule has 1 atom stereocenters. The predicted octanol–water partition coefficient (Wildman–Crippen LogP) is 5.97. The molecule has 0 spiro atoms. The Hall–Kier alpha value is -5.45. The van der Waals surface area contributed by atoms with Crippen LogP contribution < -0.4 is 15.5 Å². The summed E-state index contributed by atoms with van der Waals surface area (Å²) in [5, 5.41) is 17.3. The molecule has 0 bridgehead atoms. The number of phenols is 1. The van der Waals surface area contributed by atoms with E-state index in [1.165, 1.54) is 12.0 Å². The highest BCUT2D eigenvalue weighted by molar-refractivity contribution is 5.99. The van der Waals surface area contributed by atoms with Gasteiger partial charge in [-0.15, -0.1) is 0 Å². The molecule has 4 rings (SSSR count). The average molecular weight is 655 g/mol. The highest BCUT2D eigenvalue weighted by Gasteiger charge is 2.25. The monoisotopic (exact) mass is 654 g/mol. The van der Waals surface area contributed by atoms with Gasteiger partial charge in [0.25, 0.3) is 0 Å². The van der Waals surface area contributed by atoms with Crippen molar-refractivity contribution in [1.29, 1.82) is 0 Å². The van der Waals surface area contributed by atoms with E-state index in [9.17, 15) is 24.3 Å². The maximum Gasteiger partial charge on any atom is 0.416 e. The van der Waals surface area contributed by atoms with E-state index in [0.717, 1.165) is 27.5 Å². The van der Waals surface area contributed by atoms with Gasteiger partial charge in [0, 0.05) is 24.5 Å². The minimum Gasteiger partial charge on any atom is -0.507 e. The molecular weight excluding hydrogens is 612 g/mol. The number of aromatic nitrogens is 1. The molecule has 0 fully saturated rings. The molecule has 4 aromatic rings. The predicted molar refractivity (Wildman–Crippen MR) is 183 cm³/mol. The van der Waals surface area contributed by atoms with E-state index >= 15 is 0 Å². The van der Waals surface area contributed by atoms with Crippen molar-refractivity contribution in [2.75, 3.05) is 25.1 Å². The lowest BCUT2D eigenvalue weighted by molar-refractivity contribution is -0.141. The summed E-state index contributed by atoms with van der Waals surface area (Å²) in [5.41, 5.74) is 2.72. The molecule has 1 heterocycles. The zero-order chi connectivity index (χ0) is 34.8. The number of methoxy groups -OCH3 is 1. The van der Waals surface area contributed by atoms with Crippen LogP contribution in [0.3, 0.4) is 0 Å². The van der Waals surface area contributed by atoms with Crippen LogP contribution in [0.2, 0.25) is 0 Å². The molecule has 3 aromatic carbocycles. The number of phenolic OH excluding ortho intramolecular Hbond substituents is 1. The molecule has 0 saturated carbocycles. The zero-order valence-corrected chi connectivity index (χ0v) is 27.9. The molecule has 11 nitrogen and oxygen atoms in total. The Kier molecular flexibility index (Phi) is 11.7. The van der Waals surface area contributed by atoms with Crippen LogP contribution in [0.4, 0.5) is 10.6 Å². The van der Waals surface area contributed by atoms with Gasteiger partial charge in [0.05, 0.1) is 26.1 Å². The van der Waals surface area contributed by atoms with Crippen molar-refractivity contribution in [3.8, 4) is 16.9 Å². The summed E-state index contributed by atoms with van der Waals surface area (Å²) >= 11 is 0. The molecule has 252 valence electrons. The fraction of sp³-hybridized carbons (Fsp3) is 0.324. The number of nitrogens with one attached hydrogen (secondary N) is 2. The third-order valence-corrected chi connectivity index (χ3v) is 7.48. The average Bonchev–Trinajstić information content (AvgIpc) is 3.04. The molecule has 3 N–H and O–H groups in total. The van der Waals surface area contributed by atoms with E-state index in [1.54, 1.807) is 45.2 Å². The number of carbonyl (C=O) groups excluding carboxylic acids is 4. The number of hydrogen-bond donors (Lipinski definition) is 3. The second-order valence-corrected chi connectivity index (χ2v) is 12.4. The van der Waals surface area contributed by atoms with Gasteiger partial charge < -0.3 is 25.2 Å². The van der Waals surface area contributed by atoms with Crippen molar-refractivity contribution in [1.82, 2.24) is 15.6 Å². The maximum absolute atomic E-state index is 12.9. The van der Waals surface area contributed by atoms with Gasteiger partial charge in [-0.05, 0) is 80.0 Å².